The predicted molar refractivity (Wildman–Crippen MR) is 91.0 cm³/mol. The molecule has 0 aromatic heterocycles. The molecule has 0 heterocycles. The maximum absolute atomic E-state index is 2.45. The molecule has 0 saturated carbocycles. The minimum absolute atomic E-state index is 0.768. The average molecular weight is 299 g/mol. The van der Waals surface area contributed by atoms with E-state index in [0.29, 0.717) is 0 Å². The van der Waals surface area contributed by atoms with Gasteiger partial charge < -0.3 is 9.13 Å². The zero-order valence-electron chi connectivity index (χ0n) is 12.7. The summed E-state index contributed by atoms with van der Waals surface area (Å²) in [5, 5.41) is 2.99. The fourth-order valence-electron chi connectivity index (χ4n) is 2.41. The van der Waals surface area contributed by atoms with Crippen molar-refractivity contribution in [3.8, 4) is 0 Å². The van der Waals surface area contributed by atoms with Gasteiger partial charge in [-0.3, -0.25) is 0 Å². The molecule has 0 unspecified atom stereocenters. The Kier molecular flexibility index (Phi) is 5.31. The second-order valence-electron chi connectivity index (χ2n) is 5.22. The van der Waals surface area contributed by atoms with Gasteiger partial charge >= 0.3 is 0 Å². The molecule has 0 aliphatic carbocycles. The minimum Gasteiger partial charge on any atom is -0.327 e. The third kappa shape index (κ3) is 3.46. The van der Waals surface area contributed by atoms with Crippen LogP contribution in [0.4, 0.5) is 0 Å². The SMILES string of the molecule is CN(C)[Si](c1ccccc1)[Si](c1ccccc1)N(C)C. The molecule has 20 heavy (non-hydrogen) atoms. The molecule has 0 amide bonds. The smallest absolute Gasteiger partial charge is 0.182 e. The van der Waals surface area contributed by atoms with Gasteiger partial charge in [-0.05, 0) is 38.6 Å². The quantitative estimate of drug-likeness (QED) is 0.760. The van der Waals surface area contributed by atoms with E-state index in [-0.39, 0.29) is 0 Å². The largest absolute Gasteiger partial charge is 0.327 e. The van der Waals surface area contributed by atoms with E-state index in [2.05, 4.69) is 98.0 Å². The summed E-state index contributed by atoms with van der Waals surface area (Å²) in [7, 11) is 7.35. The van der Waals surface area contributed by atoms with Crippen molar-refractivity contribution in [1.29, 1.82) is 0 Å². The van der Waals surface area contributed by atoms with Crippen molar-refractivity contribution in [2.45, 2.75) is 0 Å². The van der Waals surface area contributed by atoms with Crippen molar-refractivity contribution in [3.05, 3.63) is 60.7 Å². The van der Waals surface area contributed by atoms with Crippen LogP contribution < -0.4 is 10.4 Å². The highest BCUT2D eigenvalue weighted by Crippen LogP contribution is 2.02. The van der Waals surface area contributed by atoms with Crippen LogP contribution >= 0.6 is 0 Å². The molecule has 2 nitrogen and oxygen atoms in total. The van der Waals surface area contributed by atoms with E-state index in [4.69, 9.17) is 0 Å². The van der Waals surface area contributed by atoms with Gasteiger partial charge in [-0.2, -0.15) is 0 Å². The molecule has 0 spiro atoms. The van der Waals surface area contributed by atoms with E-state index in [0.717, 1.165) is 0 Å². The van der Waals surface area contributed by atoms with E-state index in [1.54, 1.807) is 0 Å². The Labute approximate surface area is 125 Å². The molecule has 0 fully saturated rings. The Morgan fingerprint density at radius 1 is 0.550 bits per heavy atom. The molecule has 0 atom stereocenters. The summed E-state index contributed by atoms with van der Waals surface area (Å²) in [6, 6.07) is 22.0. The van der Waals surface area contributed by atoms with Gasteiger partial charge in [-0.15, -0.1) is 0 Å². The Morgan fingerprint density at radius 2 is 0.850 bits per heavy atom. The fourth-order valence-corrected chi connectivity index (χ4v) is 11.0. The van der Waals surface area contributed by atoms with Crippen LogP contribution in [0.3, 0.4) is 0 Å². The molecule has 0 N–H and O–H groups in total. The molecule has 0 bridgehead atoms. The topological polar surface area (TPSA) is 6.48 Å². The molecule has 0 aliphatic rings. The van der Waals surface area contributed by atoms with E-state index in [9.17, 15) is 0 Å². The van der Waals surface area contributed by atoms with Gasteiger partial charge in [0.1, 0.15) is 0 Å². The summed E-state index contributed by atoms with van der Waals surface area (Å²) < 4.78 is 4.89. The molecule has 0 aliphatic heterocycles. The van der Waals surface area contributed by atoms with Crippen LogP contribution in [-0.2, 0) is 0 Å². The molecule has 2 aromatic rings. The van der Waals surface area contributed by atoms with Gasteiger partial charge in [0.25, 0.3) is 0 Å². The first-order valence-electron chi connectivity index (χ1n) is 6.81. The molecule has 2 radical (unpaired) electrons. The number of rotatable bonds is 5. The van der Waals surface area contributed by atoms with E-state index >= 15 is 0 Å². The zero-order chi connectivity index (χ0) is 14.5. The maximum atomic E-state index is 2.45. The van der Waals surface area contributed by atoms with Gasteiger partial charge in [0.05, 0.1) is 0 Å². The van der Waals surface area contributed by atoms with Crippen LogP contribution in [0.1, 0.15) is 0 Å². The average Bonchev–Trinajstić information content (AvgIpc) is 2.45. The van der Waals surface area contributed by atoms with Crippen LogP contribution in [0.25, 0.3) is 0 Å². The highest BCUT2D eigenvalue weighted by Gasteiger charge is 2.33. The number of hydrogen-bond acceptors (Lipinski definition) is 2. The summed E-state index contributed by atoms with van der Waals surface area (Å²) in [5.74, 6) is 0. The Morgan fingerprint density at radius 3 is 1.10 bits per heavy atom. The van der Waals surface area contributed by atoms with Gasteiger partial charge in [0, 0.05) is 0 Å². The Balaban J connectivity index is 2.44. The number of hydrogen-bond donors (Lipinski definition) is 0. The molecule has 0 saturated heterocycles. The molecular weight excluding hydrogens is 276 g/mol. The van der Waals surface area contributed by atoms with Crippen molar-refractivity contribution in [1.82, 2.24) is 9.13 Å². The van der Waals surface area contributed by atoms with E-state index < -0.39 is 17.0 Å². The maximum Gasteiger partial charge on any atom is 0.182 e. The van der Waals surface area contributed by atoms with Crippen molar-refractivity contribution >= 4 is 27.3 Å². The summed E-state index contributed by atoms with van der Waals surface area (Å²) in [6.07, 6.45) is 0. The van der Waals surface area contributed by atoms with Crippen LogP contribution in [0.5, 0.6) is 0 Å². The van der Waals surface area contributed by atoms with Gasteiger partial charge in [0.2, 0.25) is 0 Å². The summed E-state index contributed by atoms with van der Waals surface area (Å²) in [4.78, 5) is 0. The van der Waals surface area contributed by atoms with Crippen molar-refractivity contribution < 1.29 is 0 Å². The first-order chi connectivity index (χ1) is 9.61. The third-order valence-electron chi connectivity index (χ3n) is 3.21. The first-order valence-corrected chi connectivity index (χ1v) is 10.7. The summed E-state index contributed by atoms with van der Waals surface area (Å²) >= 11 is 0. The number of benzene rings is 2. The lowest BCUT2D eigenvalue weighted by Crippen LogP contribution is -2.66. The van der Waals surface area contributed by atoms with E-state index in [1.807, 2.05) is 0 Å². The zero-order valence-corrected chi connectivity index (χ0v) is 14.7. The van der Waals surface area contributed by atoms with Crippen molar-refractivity contribution in [3.63, 3.8) is 0 Å². The van der Waals surface area contributed by atoms with E-state index in [1.165, 1.54) is 10.4 Å². The first kappa shape index (κ1) is 15.2. The lowest BCUT2D eigenvalue weighted by molar-refractivity contribution is 0.632. The highest BCUT2D eigenvalue weighted by molar-refractivity contribution is 7.30. The molecule has 4 heteroatoms. The molecular formula is C16H22N2Si2. The lowest BCUT2D eigenvalue weighted by atomic mass is 10.4. The van der Waals surface area contributed by atoms with Gasteiger partial charge in [-0.1, -0.05) is 60.7 Å². The standard InChI is InChI=1S/C16H22N2Si2/c1-17(2)19(15-11-7-5-8-12-15)20(18(3)4)16-13-9-6-10-14-16/h5-14H,1-4H3. The fraction of sp³-hybridized carbons (Fsp3) is 0.250. The van der Waals surface area contributed by atoms with Crippen LogP contribution in [0.2, 0.25) is 0 Å². The monoisotopic (exact) mass is 298 g/mol. The van der Waals surface area contributed by atoms with Crippen LogP contribution in [-0.4, -0.2) is 54.3 Å². The Hall–Kier alpha value is -1.21. The van der Waals surface area contributed by atoms with Crippen LogP contribution in [0.15, 0.2) is 60.7 Å². The number of nitrogens with zero attached hydrogens (tertiary/aromatic N) is 2. The normalized spacial score (nSPS) is 11.8. The second-order valence-corrected chi connectivity index (χ2v) is 12.4. The van der Waals surface area contributed by atoms with Crippen molar-refractivity contribution in [2.24, 2.45) is 0 Å². The third-order valence-corrected chi connectivity index (χ3v) is 13.0. The summed E-state index contributed by atoms with van der Waals surface area (Å²) in [6.45, 7) is 0. The molecule has 104 valence electrons. The second kappa shape index (κ2) is 6.99. The predicted octanol–water partition coefficient (Wildman–Crippen LogP) is 0.985. The van der Waals surface area contributed by atoms with Crippen molar-refractivity contribution in [2.75, 3.05) is 28.2 Å². The lowest BCUT2D eigenvalue weighted by Gasteiger charge is -2.33. The van der Waals surface area contributed by atoms with Gasteiger partial charge in [-0.25, -0.2) is 0 Å². The molecule has 2 rings (SSSR count). The van der Waals surface area contributed by atoms with Gasteiger partial charge in [0.15, 0.2) is 17.0 Å². The summed E-state index contributed by atoms with van der Waals surface area (Å²) in [5.41, 5.74) is 0. The minimum atomic E-state index is -0.768. The highest BCUT2D eigenvalue weighted by atomic mass is 29.2. The Bertz CT molecular complexity index is 465. The van der Waals surface area contributed by atoms with Crippen LogP contribution in [0, 0.1) is 0 Å². The molecule has 2 aromatic carbocycles.